The summed E-state index contributed by atoms with van der Waals surface area (Å²) in [6, 6.07) is 0. The molecule has 5 nitrogen and oxygen atoms in total. The Bertz CT molecular complexity index is 484. The highest BCUT2D eigenvalue weighted by atomic mass is 32.2. The van der Waals surface area contributed by atoms with E-state index in [-0.39, 0.29) is 17.2 Å². The molecule has 6 heteroatoms. The van der Waals surface area contributed by atoms with Crippen molar-refractivity contribution in [3.8, 4) is 0 Å². The Morgan fingerprint density at radius 2 is 1.57 bits per heavy atom. The number of carbonyl (C=O) groups is 1. The summed E-state index contributed by atoms with van der Waals surface area (Å²) in [6.07, 6.45) is 1.11. The van der Waals surface area contributed by atoms with Crippen molar-refractivity contribution in [2.75, 3.05) is 5.75 Å². The van der Waals surface area contributed by atoms with Gasteiger partial charge in [-0.3, -0.25) is 4.79 Å². The fourth-order valence-corrected chi connectivity index (χ4v) is 3.71. The standard InChI is InChI=1S/C15H29NO4S/c1-13(2,3)21(18,19)10-12(17)20-11-8-14(4,5)16-15(6,7)9-11/h11,16H,8-10H2,1-7H3. The SMILES string of the molecule is CC1(C)CC(OC(=O)CS(=O)(=O)C(C)(C)C)CC(C)(C)N1. The van der Waals surface area contributed by atoms with Crippen LogP contribution in [0.1, 0.15) is 61.3 Å². The van der Waals surface area contributed by atoms with Crippen LogP contribution in [0.5, 0.6) is 0 Å². The van der Waals surface area contributed by atoms with Gasteiger partial charge in [-0.1, -0.05) is 0 Å². The first-order chi connectivity index (χ1) is 9.14. The summed E-state index contributed by atoms with van der Waals surface area (Å²) in [4.78, 5) is 12.0. The molecule has 1 aliphatic heterocycles. The van der Waals surface area contributed by atoms with Crippen LogP contribution in [0.2, 0.25) is 0 Å². The fraction of sp³-hybridized carbons (Fsp3) is 0.933. The van der Waals surface area contributed by atoms with Crippen molar-refractivity contribution in [3.63, 3.8) is 0 Å². The molecule has 0 aliphatic carbocycles. The largest absolute Gasteiger partial charge is 0.461 e. The van der Waals surface area contributed by atoms with Gasteiger partial charge < -0.3 is 10.1 Å². The second-order valence-corrected chi connectivity index (χ2v) is 11.0. The summed E-state index contributed by atoms with van der Waals surface area (Å²) in [5.74, 6) is -1.20. The number of carbonyl (C=O) groups excluding carboxylic acids is 1. The van der Waals surface area contributed by atoms with Crippen LogP contribution in [0.4, 0.5) is 0 Å². The minimum absolute atomic E-state index is 0.143. The summed E-state index contributed by atoms with van der Waals surface area (Å²) in [5, 5.41) is 3.50. The molecule has 0 bridgehead atoms. The Morgan fingerprint density at radius 3 is 1.95 bits per heavy atom. The van der Waals surface area contributed by atoms with Crippen LogP contribution < -0.4 is 5.32 Å². The Hall–Kier alpha value is -0.620. The number of rotatable bonds is 3. The summed E-state index contributed by atoms with van der Waals surface area (Å²) < 4.78 is 28.6. The Morgan fingerprint density at radius 1 is 1.14 bits per heavy atom. The van der Waals surface area contributed by atoms with E-state index < -0.39 is 26.3 Å². The molecule has 0 aromatic rings. The molecule has 1 heterocycles. The van der Waals surface area contributed by atoms with Crippen molar-refractivity contribution in [3.05, 3.63) is 0 Å². The van der Waals surface area contributed by atoms with E-state index in [2.05, 4.69) is 33.0 Å². The van der Waals surface area contributed by atoms with Crippen molar-refractivity contribution in [2.24, 2.45) is 0 Å². The number of esters is 1. The van der Waals surface area contributed by atoms with E-state index in [0.29, 0.717) is 12.8 Å². The average Bonchev–Trinajstić information content (AvgIpc) is 2.07. The third-order valence-corrected chi connectivity index (χ3v) is 6.17. The van der Waals surface area contributed by atoms with E-state index in [1.54, 1.807) is 20.8 Å². The van der Waals surface area contributed by atoms with Crippen molar-refractivity contribution in [1.29, 1.82) is 0 Å². The Balaban J connectivity index is 2.72. The van der Waals surface area contributed by atoms with Crippen molar-refractivity contribution in [1.82, 2.24) is 5.32 Å². The molecule has 0 spiro atoms. The van der Waals surface area contributed by atoms with Gasteiger partial charge in [0, 0.05) is 23.9 Å². The quantitative estimate of drug-likeness (QED) is 0.806. The van der Waals surface area contributed by atoms with Crippen LogP contribution in [0, 0.1) is 0 Å². The van der Waals surface area contributed by atoms with E-state index >= 15 is 0 Å². The summed E-state index contributed by atoms with van der Waals surface area (Å²) in [5.41, 5.74) is -0.287. The number of ether oxygens (including phenoxy) is 1. The van der Waals surface area contributed by atoms with Gasteiger partial charge in [-0.15, -0.1) is 0 Å². The Kier molecular flexibility index (Phi) is 4.86. The zero-order valence-corrected chi connectivity index (χ0v) is 15.1. The van der Waals surface area contributed by atoms with Crippen LogP contribution in [0.15, 0.2) is 0 Å². The molecule has 21 heavy (non-hydrogen) atoms. The predicted molar refractivity (Wildman–Crippen MR) is 83.9 cm³/mol. The van der Waals surface area contributed by atoms with E-state index in [4.69, 9.17) is 4.74 Å². The highest BCUT2D eigenvalue weighted by molar-refractivity contribution is 7.93. The fourth-order valence-electron chi connectivity index (χ4n) is 2.90. The minimum Gasteiger partial charge on any atom is -0.461 e. The number of sulfone groups is 1. The highest BCUT2D eigenvalue weighted by Gasteiger charge is 2.40. The molecule has 1 fully saturated rings. The molecule has 1 rings (SSSR count). The molecular formula is C15H29NO4S. The van der Waals surface area contributed by atoms with E-state index in [0.717, 1.165) is 0 Å². The molecule has 0 aromatic carbocycles. The maximum atomic E-state index is 12.0. The molecule has 0 aromatic heterocycles. The van der Waals surface area contributed by atoms with Gasteiger partial charge in [0.2, 0.25) is 0 Å². The zero-order valence-electron chi connectivity index (χ0n) is 14.2. The lowest BCUT2D eigenvalue weighted by Gasteiger charge is -2.45. The lowest BCUT2D eigenvalue weighted by molar-refractivity contribution is -0.149. The van der Waals surface area contributed by atoms with Gasteiger partial charge in [0.25, 0.3) is 0 Å². The normalized spacial score (nSPS) is 22.8. The lowest BCUT2D eigenvalue weighted by atomic mass is 9.81. The van der Waals surface area contributed by atoms with E-state index in [9.17, 15) is 13.2 Å². The van der Waals surface area contributed by atoms with Crippen LogP contribution in [0.25, 0.3) is 0 Å². The van der Waals surface area contributed by atoms with Crippen LogP contribution >= 0.6 is 0 Å². The van der Waals surface area contributed by atoms with E-state index in [1.165, 1.54) is 0 Å². The van der Waals surface area contributed by atoms with Gasteiger partial charge in [-0.25, -0.2) is 8.42 Å². The number of hydrogen-bond donors (Lipinski definition) is 1. The monoisotopic (exact) mass is 319 g/mol. The van der Waals surface area contributed by atoms with Gasteiger partial charge in [-0.05, 0) is 48.5 Å². The molecule has 1 aliphatic rings. The first-order valence-corrected chi connectivity index (χ1v) is 9.00. The lowest BCUT2D eigenvalue weighted by Crippen LogP contribution is -2.59. The molecule has 0 saturated carbocycles. The van der Waals surface area contributed by atoms with Gasteiger partial charge in [0.15, 0.2) is 9.84 Å². The smallest absolute Gasteiger partial charge is 0.321 e. The number of nitrogens with one attached hydrogen (secondary N) is 1. The maximum Gasteiger partial charge on any atom is 0.321 e. The molecule has 0 amide bonds. The van der Waals surface area contributed by atoms with Crippen molar-refractivity contribution >= 4 is 15.8 Å². The second-order valence-electron chi connectivity index (χ2n) is 8.28. The van der Waals surface area contributed by atoms with E-state index in [1.807, 2.05) is 0 Å². The van der Waals surface area contributed by atoms with Crippen LogP contribution in [0.3, 0.4) is 0 Å². The molecule has 0 atom stereocenters. The number of piperidine rings is 1. The first kappa shape index (κ1) is 18.4. The summed E-state index contributed by atoms with van der Waals surface area (Å²) in [7, 11) is -3.50. The van der Waals surface area contributed by atoms with Crippen LogP contribution in [-0.4, -0.2) is 42.1 Å². The third kappa shape index (κ3) is 5.25. The third-order valence-electron chi connectivity index (χ3n) is 3.69. The summed E-state index contributed by atoms with van der Waals surface area (Å²) >= 11 is 0. The highest BCUT2D eigenvalue weighted by Crippen LogP contribution is 2.30. The maximum absolute atomic E-state index is 12.0. The average molecular weight is 319 g/mol. The summed E-state index contributed by atoms with van der Waals surface area (Å²) in [6.45, 7) is 13.0. The van der Waals surface area contributed by atoms with Crippen molar-refractivity contribution in [2.45, 2.75) is 83.2 Å². The molecule has 0 unspecified atom stereocenters. The van der Waals surface area contributed by atoms with Gasteiger partial charge >= 0.3 is 5.97 Å². The van der Waals surface area contributed by atoms with Gasteiger partial charge in [0.05, 0.1) is 4.75 Å². The zero-order chi connectivity index (χ0) is 16.7. The van der Waals surface area contributed by atoms with Gasteiger partial charge in [-0.2, -0.15) is 0 Å². The topological polar surface area (TPSA) is 72.5 Å². The molecular weight excluding hydrogens is 290 g/mol. The van der Waals surface area contributed by atoms with Crippen molar-refractivity contribution < 1.29 is 17.9 Å². The number of hydrogen-bond acceptors (Lipinski definition) is 5. The van der Waals surface area contributed by atoms with Gasteiger partial charge in [0.1, 0.15) is 11.9 Å². The van der Waals surface area contributed by atoms with Crippen LogP contribution in [-0.2, 0) is 19.4 Å². The molecule has 1 N–H and O–H groups in total. The second kappa shape index (κ2) is 5.54. The molecule has 1 saturated heterocycles. The Labute approximate surface area is 128 Å². The predicted octanol–water partition coefficient (Wildman–Crippen LogP) is 2.05. The minimum atomic E-state index is -3.50. The molecule has 124 valence electrons. The molecule has 0 radical (unpaired) electrons. The first-order valence-electron chi connectivity index (χ1n) is 7.35.